The highest BCUT2D eigenvalue weighted by Crippen LogP contribution is 2.15. The van der Waals surface area contributed by atoms with Crippen molar-refractivity contribution in [3.8, 4) is 0 Å². The zero-order valence-electron chi connectivity index (χ0n) is 10.9. The number of rotatable bonds is 6. The third kappa shape index (κ3) is 4.37. The predicted molar refractivity (Wildman–Crippen MR) is 49.9 cm³/mol. The van der Waals surface area contributed by atoms with E-state index >= 15 is 0 Å². The van der Waals surface area contributed by atoms with Crippen molar-refractivity contribution in [2.24, 2.45) is 5.92 Å². The highest BCUT2D eigenvalue weighted by Gasteiger charge is 2.16. The van der Waals surface area contributed by atoms with Crippen molar-refractivity contribution < 1.29 is 13.6 Å². The molecule has 0 rings (SSSR count). The molecule has 0 N–H and O–H groups in total. The Bertz CT molecular complexity index is 190. The number of esters is 1. The zero-order valence-corrected chi connectivity index (χ0v) is 7.93. The van der Waals surface area contributed by atoms with Gasteiger partial charge < -0.3 is 4.74 Å². The van der Waals surface area contributed by atoms with Crippen LogP contribution in [0.1, 0.15) is 50.1 Å². The number of carbonyl (C=O) groups is 1. The van der Waals surface area contributed by atoms with Crippen LogP contribution in [-0.2, 0) is 9.53 Å². The molecule has 0 aliphatic heterocycles. The van der Waals surface area contributed by atoms with Gasteiger partial charge in [-0.3, -0.25) is 4.79 Å². The van der Waals surface area contributed by atoms with E-state index in [1.54, 1.807) is 0 Å². The van der Waals surface area contributed by atoms with Crippen LogP contribution >= 0.6 is 0 Å². The predicted octanol–water partition coefficient (Wildman–Crippen LogP) is 2.77. The van der Waals surface area contributed by atoms with Crippen LogP contribution in [0.15, 0.2) is 0 Å². The lowest BCUT2D eigenvalue weighted by atomic mass is 9.97. The van der Waals surface area contributed by atoms with Crippen LogP contribution in [0, 0.1) is 5.92 Å². The van der Waals surface area contributed by atoms with Crippen molar-refractivity contribution in [3.63, 3.8) is 0 Å². The fourth-order valence-electron chi connectivity index (χ4n) is 1.26. The van der Waals surface area contributed by atoms with E-state index in [0.29, 0.717) is 6.42 Å². The molecule has 0 aliphatic carbocycles. The lowest BCUT2D eigenvalue weighted by Gasteiger charge is -2.12. The average Bonchev–Trinajstić information content (AvgIpc) is 2.09. The molecular weight excluding hydrogens is 152 g/mol. The Kier molecular flexibility index (Phi) is 4.12. The van der Waals surface area contributed by atoms with Crippen LogP contribution in [-0.4, -0.2) is 13.0 Å². The molecule has 1 unspecified atom stereocenters. The van der Waals surface area contributed by atoms with Crippen molar-refractivity contribution in [2.75, 3.05) is 7.04 Å². The number of ether oxygens (including phenoxy) is 1. The largest absolute Gasteiger partial charge is 0.469 e. The van der Waals surface area contributed by atoms with Crippen LogP contribution in [0.2, 0.25) is 0 Å². The molecule has 0 aromatic carbocycles. The molecule has 1 atom stereocenters. The molecule has 0 radical (unpaired) electrons. The van der Waals surface area contributed by atoms with E-state index in [4.69, 9.17) is 4.11 Å². The minimum atomic E-state index is -2.60. The first-order valence-corrected chi connectivity index (χ1v) is 4.63. The second-order valence-electron chi connectivity index (χ2n) is 3.05. The molecular formula is C10H20O2. The van der Waals surface area contributed by atoms with Crippen molar-refractivity contribution in [1.29, 1.82) is 0 Å². The van der Waals surface area contributed by atoms with Gasteiger partial charge in [-0.1, -0.05) is 33.1 Å². The number of unbranched alkanes of at least 4 members (excludes halogenated alkanes) is 1. The summed E-state index contributed by atoms with van der Waals surface area (Å²) in [6.07, 6.45) is 4.22. The summed E-state index contributed by atoms with van der Waals surface area (Å²) in [5, 5.41) is 0. The summed E-state index contributed by atoms with van der Waals surface area (Å²) in [6.45, 7) is 4.01. The normalized spacial score (nSPS) is 17.3. The van der Waals surface area contributed by atoms with Crippen molar-refractivity contribution in [3.05, 3.63) is 0 Å². The summed E-state index contributed by atoms with van der Waals surface area (Å²) in [5.41, 5.74) is 0. The van der Waals surface area contributed by atoms with E-state index in [-0.39, 0.29) is 5.92 Å². The minimum Gasteiger partial charge on any atom is -0.469 e. The lowest BCUT2D eigenvalue weighted by Crippen LogP contribution is -2.15. The van der Waals surface area contributed by atoms with E-state index in [1.807, 2.05) is 13.8 Å². The van der Waals surface area contributed by atoms with E-state index in [9.17, 15) is 4.79 Å². The Hall–Kier alpha value is -0.530. The third-order valence-electron chi connectivity index (χ3n) is 1.98. The van der Waals surface area contributed by atoms with Gasteiger partial charge in [0.15, 0.2) is 0 Å². The Balaban J connectivity index is 4.15. The first kappa shape index (κ1) is 6.93. The van der Waals surface area contributed by atoms with Crippen molar-refractivity contribution in [2.45, 2.75) is 46.0 Å². The first-order chi connectivity index (χ1) is 6.90. The molecule has 0 fully saturated rings. The monoisotopic (exact) mass is 175 g/mol. The number of hydrogen-bond acceptors (Lipinski definition) is 2. The molecule has 0 amide bonds. The lowest BCUT2D eigenvalue weighted by molar-refractivity contribution is -0.146. The molecule has 0 saturated heterocycles. The highest BCUT2D eigenvalue weighted by molar-refractivity contribution is 5.72. The van der Waals surface area contributed by atoms with Gasteiger partial charge in [-0.15, -0.1) is 0 Å². The van der Waals surface area contributed by atoms with Gasteiger partial charge in [0.1, 0.15) is 0 Å². The van der Waals surface area contributed by atoms with Crippen LogP contribution in [0.5, 0.6) is 0 Å². The number of methoxy groups -OCH3 is 1. The van der Waals surface area contributed by atoms with Crippen molar-refractivity contribution >= 4 is 5.97 Å². The molecule has 2 nitrogen and oxygen atoms in total. The molecule has 72 valence electrons. The van der Waals surface area contributed by atoms with Gasteiger partial charge in [0.05, 0.1) is 17.1 Å². The van der Waals surface area contributed by atoms with E-state index in [0.717, 1.165) is 25.7 Å². The zero-order chi connectivity index (χ0) is 11.9. The molecule has 0 aliphatic rings. The van der Waals surface area contributed by atoms with Gasteiger partial charge in [0.2, 0.25) is 0 Å². The smallest absolute Gasteiger partial charge is 0.308 e. The minimum absolute atomic E-state index is 0.254. The van der Waals surface area contributed by atoms with E-state index in [1.165, 1.54) is 0 Å². The topological polar surface area (TPSA) is 26.3 Å². The Morgan fingerprint density at radius 3 is 2.67 bits per heavy atom. The van der Waals surface area contributed by atoms with Crippen LogP contribution in [0.4, 0.5) is 0 Å². The van der Waals surface area contributed by atoms with Gasteiger partial charge in [0.25, 0.3) is 0 Å². The maximum atomic E-state index is 11.5. The number of hydrogen-bond donors (Lipinski definition) is 0. The maximum Gasteiger partial charge on any atom is 0.308 e. The molecule has 0 aromatic heterocycles. The summed E-state index contributed by atoms with van der Waals surface area (Å²) < 4.78 is 25.0. The van der Waals surface area contributed by atoms with Gasteiger partial charge in [-0.2, -0.15) is 0 Å². The first-order valence-electron chi connectivity index (χ1n) is 6.13. The molecule has 0 saturated carbocycles. The fourth-order valence-corrected chi connectivity index (χ4v) is 1.26. The third-order valence-corrected chi connectivity index (χ3v) is 1.98. The van der Waals surface area contributed by atoms with E-state index in [2.05, 4.69) is 4.74 Å². The number of carbonyl (C=O) groups excluding carboxylic acids is 1. The molecule has 12 heavy (non-hydrogen) atoms. The molecule has 0 spiro atoms. The highest BCUT2D eigenvalue weighted by atomic mass is 16.5. The molecule has 0 heterocycles. The second-order valence-corrected chi connectivity index (χ2v) is 3.05. The quantitative estimate of drug-likeness (QED) is 0.580. The van der Waals surface area contributed by atoms with E-state index < -0.39 is 13.0 Å². The fraction of sp³-hybridized carbons (Fsp3) is 0.900. The van der Waals surface area contributed by atoms with Crippen LogP contribution < -0.4 is 0 Å². The summed E-state index contributed by atoms with van der Waals surface area (Å²) in [5.74, 6) is -0.833. The van der Waals surface area contributed by atoms with Gasteiger partial charge in [-0.05, 0) is 12.8 Å². The molecule has 2 heteroatoms. The summed E-state index contributed by atoms with van der Waals surface area (Å²) in [4.78, 5) is 11.5. The summed E-state index contributed by atoms with van der Waals surface area (Å²) in [6, 6.07) is 0. The molecule has 0 bridgehead atoms. The maximum absolute atomic E-state index is 11.5. The molecule has 0 aromatic rings. The van der Waals surface area contributed by atoms with Crippen molar-refractivity contribution in [1.82, 2.24) is 0 Å². The Morgan fingerprint density at radius 2 is 2.17 bits per heavy atom. The summed E-state index contributed by atoms with van der Waals surface area (Å²) >= 11 is 0. The summed E-state index contributed by atoms with van der Waals surface area (Å²) in [7, 11) is -2.60. The van der Waals surface area contributed by atoms with Gasteiger partial charge in [0, 0.05) is 0 Å². The standard InChI is InChI=1S/C10H20O2/c1-4-6-8-9(7-5-2)10(11)12-3/h9H,4-8H2,1-3H3/i3D3. The average molecular weight is 175 g/mol. The second kappa shape index (κ2) is 7.14. The van der Waals surface area contributed by atoms with Crippen LogP contribution in [0.3, 0.4) is 0 Å². The Morgan fingerprint density at radius 1 is 1.42 bits per heavy atom. The van der Waals surface area contributed by atoms with Crippen LogP contribution in [0.25, 0.3) is 0 Å². The SMILES string of the molecule is [2H]C([2H])([2H])OC(=O)C(CCC)CCCC. The van der Waals surface area contributed by atoms with Gasteiger partial charge in [-0.25, -0.2) is 0 Å². The Labute approximate surface area is 79.5 Å². The van der Waals surface area contributed by atoms with Gasteiger partial charge >= 0.3 is 5.97 Å².